The number of rotatable bonds is 72. The molecule has 0 aliphatic rings. The second kappa shape index (κ2) is 78.0. The van der Waals surface area contributed by atoms with E-state index in [9.17, 15) is 19.0 Å². The molecule has 0 amide bonds. The van der Waals surface area contributed by atoms with Crippen LogP contribution in [-0.2, 0) is 32.7 Å². The van der Waals surface area contributed by atoms with Gasteiger partial charge < -0.3 is 27.9 Å². The van der Waals surface area contributed by atoms with Crippen molar-refractivity contribution in [3.63, 3.8) is 0 Å². The van der Waals surface area contributed by atoms with Crippen LogP contribution in [-0.4, -0.2) is 70.0 Å². The zero-order valence-corrected chi connectivity index (χ0v) is 65.5. The second-order valence-corrected chi connectivity index (χ2v) is 28.7. The van der Waals surface area contributed by atoms with Gasteiger partial charge in [0.1, 0.15) is 19.8 Å². The number of nitrogens with zero attached hydrogens (tertiary/aromatic N) is 1. The highest BCUT2D eigenvalue weighted by atomic mass is 31.2. The molecule has 0 spiro atoms. The van der Waals surface area contributed by atoms with Crippen molar-refractivity contribution in [2.45, 2.75) is 315 Å². The van der Waals surface area contributed by atoms with E-state index in [1.807, 2.05) is 21.1 Å². The SMILES string of the molecule is CC/C=C\C/C=C\C/C=C\C/C=C\C/C=C\C/C=C\C/C=C\C/C=C\C/C=C\C/C=C\C/C=C\CCCCCC(=O)OC(COC(=O)CCCCCCCCCCCCCCCCCCCCCCCCC/C=C\C/C=C\C/C=C\C/C=C\C/C=C\CC)COP(=O)([O-])OCC[N+](C)(C)C. The standard InChI is InChI=1S/C90H148NO8P/c1-6-8-10-12-14-16-18-20-22-24-26-28-30-32-34-36-38-40-42-44-45-47-48-50-52-54-56-58-60-62-64-66-68-70-72-74-76-78-80-82-89(92)96-86-88(87-98-100(94,95)97-85-84-91(3,4)5)99-90(93)83-81-79-77-75-73-71-69-67-65-63-61-59-57-55-53-51-49-46-43-41-39-37-35-33-31-29-27-25-23-21-19-17-15-13-11-9-7-2/h8-11,14-17,20-23,26-29,32-35,39,41,46,49,53,55,59,61,65,67,71,73,88H,6-7,12-13,18-19,24-25,30-31,36-38,40,42-45,47-48,50-52,54,56-58,60,62-64,66,68-70,72,74-87H2,1-5H3/b10-8-,11-9-,16-14-,17-15-,22-20-,23-21-,28-26-,29-27-,34-32-,35-33-,41-39-,49-46-,55-53-,61-59-,67-65-,73-71-. The molecule has 0 heterocycles. The van der Waals surface area contributed by atoms with Gasteiger partial charge in [-0.25, -0.2) is 0 Å². The van der Waals surface area contributed by atoms with Gasteiger partial charge in [-0.3, -0.25) is 14.2 Å². The predicted octanol–water partition coefficient (Wildman–Crippen LogP) is 26.5. The van der Waals surface area contributed by atoms with Crippen LogP contribution in [0, 0.1) is 0 Å². The van der Waals surface area contributed by atoms with E-state index in [2.05, 4.69) is 208 Å². The summed E-state index contributed by atoms with van der Waals surface area (Å²) in [7, 11) is 1.13. The average Bonchev–Trinajstić information content (AvgIpc) is 1.02. The summed E-state index contributed by atoms with van der Waals surface area (Å²) in [6.07, 6.45) is 121. The lowest BCUT2D eigenvalue weighted by molar-refractivity contribution is -0.870. The summed E-state index contributed by atoms with van der Waals surface area (Å²) in [6.45, 7) is 3.98. The van der Waals surface area contributed by atoms with Gasteiger partial charge in [0.05, 0.1) is 27.7 Å². The Morgan fingerprint density at radius 1 is 0.310 bits per heavy atom. The van der Waals surface area contributed by atoms with E-state index in [4.69, 9.17) is 18.5 Å². The number of quaternary nitrogens is 1. The van der Waals surface area contributed by atoms with E-state index < -0.39 is 32.5 Å². The minimum absolute atomic E-state index is 0.0458. The molecule has 0 aliphatic carbocycles. The van der Waals surface area contributed by atoms with Crippen LogP contribution in [0.15, 0.2) is 194 Å². The Kier molecular flexibility index (Phi) is 74.0. The third kappa shape index (κ3) is 81.8. The number of esters is 2. The Bertz CT molecular complexity index is 2400. The number of hydrogen-bond acceptors (Lipinski definition) is 8. The number of hydrogen-bond donors (Lipinski definition) is 0. The molecule has 0 saturated carbocycles. The minimum Gasteiger partial charge on any atom is -0.756 e. The van der Waals surface area contributed by atoms with Crippen molar-refractivity contribution < 1.29 is 42.1 Å². The molecule has 0 aromatic carbocycles. The molecule has 0 radical (unpaired) electrons. The van der Waals surface area contributed by atoms with Crippen LogP contribution < -0.4 is 4.89 Å². The number of phosphoric acid groups is 1. The number of allylic oxidation sites excluding steroid dienone is 32. The van der Waals surface area contributed by atoms with E-state index in [-0.39, 0.29) is 26.1 Å². The molecule has 2 unspecified atom stereocenters. The van der Waals surface area contributed by atoms with Crippen molar-refractivity contribution in [1.29, 1.82) is 0 Å². The summed E-state index contributed by atoms with van der Waals surface area (Å²) in [5.41, 5.74) is 0. The van der Waals surface area contributed by atoms with E-state index in [1.54, 1.807) is 0 Å². The highest BCUT2D eigenvalue weighted by molar-refractivity contribution is 7.45. The molecule has 10 heteroatoms. The summed E-state index contributed by atoms with van der Waals surface area (Å²) in [5, 5.41) is 0. The molecule has 9 nitrogen and oxygen atoms in total. The van der Waals surface area contributed by atoms with E-state index in [0.717, 1.165) is 141 Å². The van der Waals surface area contributed by atoms with Gasteiger partial charge in [-0.05, 0) is 141 Å². The fraction of sp³-hybridized carbons (Fsp3) is 0.622. The number of unbranched alkanes of at least 4 members (excludes halogenated alkanes) is 26. The molecule has 0 fully saturated rings. The summed E-state index contributed by atoms with van der Waals surface area (Å²) in [5.74, 6) is -0.875. The Hall–Kier alpha value is -5.15. The molecule has 0 rings (SSSR count). The van der Waals surface area contributed by atoms with E-state index >= 15 is 0 Å². The molecule has 0 aromatic heterocycles. The zero-order chi connectivity index (χ0) is 72.5. The van der Waals surface area contributed by atoms with Crippen LogP contribution in [0.5, 0.6) is 0 Å². The maximum Gasteiger partial charge on any atom is 0.306 e. The van der Waals surface area contributed by atoms with Crippen LogP contribution in [0.25, 0.3) is 0 Å². The Morgan fingerprint density at radius 3 is 0.810 bits per heavy atom. The van der Waals surface area contributed by atoms with Gasteiger partial charge >= 0.3 is 11.9 Å². The van der Waals surface area contributed by atoms with Gasteiger partial charge in [-0.1, -0.05) is 350 Å². The first-order valence-corrected chi connectivity index (χ1v) is 41.6. The molecule has 100 heavy (non-hydrogen) atoms. The lowest BCUT2D eigenvalue weighted by Crippen LogP contribution is -2.37. The van der Waals surface area contributed by atoms with Crippen molar-refractivity contribution in [3.05, 3.63) is 194 Å². The molecule has 566 valence electrons. The Balaban J connectivity index is 4.07. The summed E-state index contributed by atoms with van der Waals surface area (Å²) >= 11 is 0. The highest BCUT2D eigenvalue weighted by Crippen LogP contribution is 2.38. The largest absolute Gasteiger partial charge is 0.756 e. The monoisotopic (exact) mass is 1400 g/mol. The van der Waals surface area contributed by atoms with E-state index in [1.165, 1.54) is 135 Å². The van der Waals surface area contributed by atoms with Crippen LogP contribution in [0.2, 0.25) is 0 Å². The van der Waals surface area contributed by atoms with Gasteiger partial charge in [-0.2, -0.15) is 0 Å². The normalized spacial score (nSPS) is 14.1. The lowest BCUT2D eigenvalue weighted by Gasteiger charge is -2.28. The third-order valence-electron chi connectivity index (χ3n) is 16.6. The number of ether oxygens (including phenoxy) is 2. The number of carbonyl (C=O) groups excluding carboxylic acids is 2. The van der Waals surface area contributed by atoms with Gasteiger partial charge in [0.15, 0.2) is 6.10 Å². The van der Waals surface area contributed by atoms with Gasteiger partial charge in [0, 0.05) is 12.8 Å². The molecule has 0 bridgehead atoms. The maximum absolute atomic E-state index is 12.9. The molecular formula is C90H148NO8P. The first-order valence-electron chi connectivity index (χ1n) is 40.1. The van der Waals surface area contributed by atoms with Crippen LogP contribution in [0.3, 0.4) is 0 Å². The highest BCUT2D eigenvalue weighted by Gasteiger charge is 2.22. The van der Waals surface area contributed by atoms with Gasteiger partial charge in [0.25, 0.3) is 7.82 Å². The Labute approximate surface area is 615 Å². The summed E-state index contributed by atoms with van der Waals surface area (Å²) < 4.78 is 34.3. The van der Waals surface area contributed by atoms with Crippen LogP contribution in [0.4, 0.5) is 0 Å². The fourth-order valence-electron chi connectivity index (χ4n) is 10.6. The van der Waals surface area contributed by atoms with Crippen LogP contribution >= 0.6 is 7.82 Å². The van der Waals surface area contributed by atoms with Crippen LogP contribution in [0.1, 0.15) is 309 Å². The minimum atomic E-state index is -4.67. The lowest BCUT2D eigenvalue weighted by atomic mass is 10.0. The second-order valence-electron chi connectivity index (χ2n) is 27.3. The van der Waals surface area contributed by atoms with Gasteiger partial charge in [-0.15, -0.1) is 0 Å². The molecule has 0 aliphatic heterocycles. The number of phosphoric ester groups is 1. The number of carbonyl (C=O) groups is 2. The fourth-order valence-corrected chi connectivity index (χ4v) is 11.3. The van der Waals surface area contributed by atoms with Crippen molar-refractivity contribution >= 4 is 19.8 Å². The smallest absolute Gasteiger partial charge is 0.306 e. The maximum atomic E-state index is 12.9. The summed E-state index contributed by atoms with van der Waals surface area (Å²) in [6, 6.07) is 0. The van der Waals surface area contributed by atoms with Gasteiger partial charge in [0.2, 0.25) is 0 Å². The first-order chi connectivity index (χ1) is 49.0. The van der Waals surface area contributed by atoms with Crippen molar-refractivity contribution in [2.24, 2.45) is 0 Å². The zero-order valence-electron chi connectivity index (χ0n) is 64.6. The molecule has 0 aromatic rings. The number of likely N-dealkylation sites (N-methyl/N-ethyl adjacent to an activating group) is 1. The van der Waals surface area contributed by atoms with Crippen molar-refractivity contribution in [2.75, 3.05) is 47.5 Å². The quantitative estimate of drug-likeness (QED) is 0.0195. The predicted molar refractivity (Wildman–Crippen MR) is 433 cm³/mol. The van der Waals surface area contributed by atoms with Crippen molar-refractivity contribution in [1.82, 2.24) is 0 Å². The Morgan fingerprint density at radius 2 is 0.540 bits per heavy atom. The first kappa shape index (κ1) is 94.8. The molecule has 0 saturated heterocycles. The van der Waals surface area contributed by atoms with E-state index in [0.29, 0.717) is 17.4 Å². The topological polar surface area (TPSA) is 111 Å². The average molecular weight is 1400 g/mol. The molecule has 2 atom stereocenters. The summed E-state index contributed by atoms with van der Waals surface area (Å²) in [4.78, 5) is 38.2. The molecule has 0 N–H and O–H groups in total. The molecular weight excluding hydrogens is 1250 g/mol. The third-order valence-corrected chi connectivity index (χ3v) is 17.6. The van der Waals surface area contributed by atoms with Crippen molar-refractivity contribution in [3.8, 4) is 0 Å².